The van der Waals surface area contributed by atoms with Crippen LogP contribution in [0, 0.1) is 0 Å². The highest BCUT2D eigenvalue weighted by Crippen LogP contribution is 2.24. The molecule has 208 valence electrons. The zero-order valence-corrected chi connectivity index (χ0v) is 23.3. The summed E-state index contributed by atoms with van der Waals surface area (Å²) in [5, 5.41) is 6.18. The minimum atomic E-state index is -4.51. The van der Waals surface area contributed by atoms with Crippen LogP contribution in [0.25, 0.3) is 0 Å². The molecular weight excluding hydrogens is 574 g/mol. The van der Waals surface area contributed by atoms with Gasteiger partial charge in [-0.3, -0.25) is 5.32 Å². The number of benzene rings is 2. The average Bonchev–Trinajstić information content (AvgIpc) is 2.95. The fourth-order valence-electron chi connectivity index (χ4n) is 2.92. The van der Waals surface area contributed by atoms with Gasteiger partial charge in [0, 0.05) is 4.90 Å². The Kier molecular flexibility index (Phi) is 9.49. The number of carbonyl (C=O) groups excluding carboxylic acids is 1. The van der Waals surface area contributed by atoms with Crippen molar-refractivity contribution in [2.24, 2.45) is 5.10 Å². The summed E-state index contributed by atoms with van der Waals surface area (Å²) in [7, 11) is -5.17. The summed E-state index contributed by atoms with van der Waals surface area (Å²) < 4.78 is 69.4. The van der Waals surface area contributed by atoms with Crippen LogP contribution in [-0.2, 0) is 24.8 Å². The van der Waals surface area contributed by atoms with Gasteiger partial charge in [0.05, 0.1) is 26.9 Å². The largest absolute Gasteiger partial charge is 0.467 e. The van der Waals surface area contributed by atoms with E-state index in [1.807, 2.05) is 4.83 Å². The van der Waals surface area contributed by atoms with E-state index in [1.165, 1.54) is 56.3 Å². The van der Waals surface area contributed by atoms with E-state index in [2.05, 4.69) is 34.8 Å². The molecule has 0 unspecified atom stereocenters. The van der Waals surface area contributed by atoms with Crippen LogP contribution in [0.3, 0.4) is 0 Å². The molecule has 39 heavy (non-hydrogen) atoms. The van der Waals surface area contributed by atoms with Gasteiger partial charge in [-0.15, -0.1) is 21.8 Å². The first-order valence-electron chi connectivity index (χ1n) is 10.6. The van der Waals surface area contributed by atoms with Crippen LogP contribution in [-0.4, -0.2) is 71.3 Å². The summed E-state index contributed by atoms with van der Waals surface area (Å²) >= 11 is 1.18. The molecule has 0 radical (unpaired) electrons. The minimum Gasteiger partial charge on any atom is -0.467 e. The fourth-order valence-corrected chi connectivity index (χ4v) is 6.04. The summed E-state index contributed by atoms with van der Waals surface area (Å²) in [6, 6.07) is 11.0. The number of carbonyl (C=O) groups is 1. The molecule has 0 aliphatic carbocycles. The van der Waals surface area contributed by atoms with Gasteiger partial charge in [0.1, 0.15) is 9.79 Å². The molecule has 0 bridgehead atoms. The number of esters is 1. The number of nitrogens with zero attached hydrogens (tertiary/aromatic N) is 4. The van der Waals surface area contributed by atoms with Crippen molar-refractivity contribution in [2.45, 2.75) is 14.7 Å². The molecular formula is C21H23N7O8S3. The first-order valence-corrected chi connectivity index (χ1v) is 14.8. The van der Waals surface area contributed by atoms with Gasteiger partial charge >= 0.3 is 18.0 Å². The van der Waals surface area contributed by atoms with Gasteiger partial charge in [0.15, 0.2) is 0 Å². The normalized spacial score (nSPS) is 11.8. The zero-order valence-electron chi connectivity index (χ0n) is 20.9. The van der Waals surface area contributed by atoms with Crippen molar-refractivity contribution in [3.8, 4) is 12.0 Å². The van der Waals surface area contributed by atoms with E-state index in [4.69, 9.17) is 9.47 Å². The Bertz CT molecular complexity index is 1580. The van der Waals surface area contributed by atoms with Crippen LogP contribution in [0.5, 0.6) is 12.0 Å². The molecule has 0 saturated heterocycles. The third-order valence-corrected chi connectivity index (χ3v) is 8.23. The molecule has 18 heteroatoms. The maximum atomic E-state index is 13.2. The second-order valence-electron chi connectivity index (χ2n) is 7.06. The second kappa shape index (κ2) is 12.6. The van der Waals surface area contributed by atoms with Gasteiger partial charge in [-0.1, -0.05) is 24.3 Å². The van der Waals surface area contributed by atoms with Crippen LogP contribution in [0.4, 0.5) is 5.95 Å². The lowest BCUT2D eigenvalue weighted by Gasteiger charge is -2.15. The molecule has 0 saturated carbocycles. The van der Waals surface area contributed by atoms with Crippen molar-refractivity contribution in [3.63, 3.8) is 0 Å². The second-order valence-corrected chi connectivity index (χ2v) is 11.2. The molecule has 0 aliphatic rings. The number of hydrogen-bond acceptors (Lipinski definition) is 13. The number of methoxy groups -OCH3 is 3. The predicted molar refractivity (Wildman–Crippen MR) is 141 cm³/mol. The van der Waals surface area contributed by atoms with Gasteiger partial charge < -0.3 is 14.2 Å². The van der Waals surface area contributed by atoms with Crippen LogP contribution in [0.2, 0.25) is 0 Å². The van der Waals surface area contributed by atoms with E-state index in [9.17, 15) is 21.6 Å². The maximum absolute atomic E-state index is 13.2. The molecule has 15 nitrogen and oxygen atoms in total. The Morgan fingerprint density at radius 3 is 2.03 bits per heavy atom. The van der Waals surface area contributed by atoms with Crippen molar-refractivity contribution < 1.29 is 35.8 Å². The summed E-state index contributed by atoms with van der Waals surface area (Å²) in [4.78, 5) is 25.5. The van der Waals surface area contributed by atoms with E-state index < -0.39 is 36.9 Å². The van der Waals surface area contributed by atoms with Gasteiger partial charge in [-0.2, -0.15) is 23.2 Å². The fraction of sp³-hybridized carbons (Fsp3) is 0.190. The molecule has 1 aromatic heterocycles. The highest BCUT2D eigenvalue weighted by atomic mass is 32.2. The molecule has 0 atom stereocenters. The van der Waals surface area contributed by atoms with Gasteiger partial charge in [-0.05, 0) is 30.5 Å². The van der Waals surface area contributed by atoms with Crippen LogP contribution in [0.1, 0.15) is 10.4 Å². The van der Waals surface area contributed by atoms with Crippen LogP contribution >= 0.6 is 11.8 Å². The highest BCUT2D eigenvalue weighted by molar-refractivity contribution is 7.99. The quantitative estimate of drug-likeness (QED) is 0.0985. The number of rotatable bonds is 10. The molecule has 0 amide bonds. The predicted octanol–water partition coefficient (Wildman–Crippen LogP) is 1.04. The topological polar surface area (TPSA) is 200 Å². The zero-order chi connectivity index (χ0) is 28.6. The smallest absolute Gasteiger partial charge is 0.339 e. The molecule has 0 fully saturated rings. The van der Waals surface area contributed by atoms with Crippen molar-refractivity contribution in [2.75, 3.05) is 32.9 Å². The Morgan fingerprint density at radius 2 is 1.44 bits per heavy atom. The summed E-state index contributed by atoms with van der Waals surface area (Å²) in [6.45, 7) is 0. The van der Waals surface area contributed by atoms with E-state index in [0.717, 1.165) is 13.2 Å². The van der Waals surface area contributed by atoms with Crippen molar-refractivity contribution >= 4 is 49.7 Å². The van der Waals surface area contributed by atoms with Crippen molar-refractivity contribution in [1.29, 1.82) is 0 Å². The number of hydrazone groups is 1. The van der Waals surface area contributed by atoms with Gasteiger partial charge in [-0.25, -0.2) is 17.9 Å². The molecule has 3 N–H and O–H groups in total. The van der Waals surface area contributed by atoms with Crippen molar-refractivity contribution in [3.05, 3.63) is 54.1 Å². The van der Waals surface area contributed by atoms with Gasteiger partial charge in [0.25, 0.3) is 20.0 Å². The van der Waals surface area contributed by atoms with Crippen LogP contribution < -0.4 is 24.3 Å². The Morgan fingerprint density at radius 1 is 0.846 bits per heavy atom. The number of anilines is 1. The number of aromatic nitrogens is 3. The van der Waals surface area contributed by atoms with E-state index >= 15 is 0 Å². The third kappa shape index (κ3) is 7.24. The monoisotopic (exact) mass is 597 g/mol. The molecule has 3 aromatic rings. The highest BCUT2D eigenvalue weighted by Gasteiger charge is 2.25. The molecule has 3 rings (SSSR count). The standard InChI is InChI=1S/C21H23N7O8S3/c1-34-17(29)13-9-5-7-11-15(13)39(32,33)28-26-19(22-18-23-20(35-2)25-21(24-18)36-3)27-38(30,31)16-12-8-6-10-14(16)37-4/h5-12,28H,1-4H3,(H2,22,23,24,25,26,27). The first-order chi connectivity index (χ1) is 18.5. The summed E-state index contributed by atoms with van der Waals surface area (Å²) in [5.74, 6) is -1.86. The third-order valence-electron chi connectivity index (χ3n) is 4.64. The number of thioether (sulfide) groups is 1. The molecule has 2 aromatic carbocycles. The Balaban J connectivity index is 2.06. The Labute approximate surface area is 228 Å². The molecule has 1 heterocycles. The van der Waals surface area contributed by atoms with Crippen LogP contribution in [0.15, 0.2) is 68.3 Å². The minimum absolute atomic E-state index is 0.100. The average molecular weight is 598 g/mol. The van der Waals surface area contributed by atoms with E-state index in [0.29, 0.717) is 4.90 Å². The lowest BCUT2D eigenvalue weighted by molar-refractivity contribution is 0.0596. The summed E-state index contributed by atoms with van der Waals surface area (Å²) in [6.07, 6.45) is 1.69. The van der Waals surface area contributed by atoms with E-state index in [-0.39, 0.29) is 28.4 Å². The lowest BCUT2D eigenvalue weighted by atomic mass is 10.2. The molecule has 0 aliphatic heterocycles. The number of guanidine groups is 1. The first kappa shape index (κ1) is 29.4. The van der Waals surface area contributed by atoms with Crippen molar-refractivity contribution in [1.82, 2.24) is 24.5 Å². The van der Waals surface area contributed by atoms with Gasteiger partial charge in [0.2, 0.25) is 11.9 Å². The maximum Gasteiger partial charge on any atom is 0.339 e. The van der Waals surface area contributed by atoms with E-state index in [1.54, 1.807) is 18.4 Å². The Hall–Kier alpha value is -4.16. The number of hydrogen-bond donors (Lipinski definition) is 3. The summed E-state index contributed by atoms with van der Waals surface area (Å²) in [5.41, 5.74) is -0.265. The lowest BCUT2D eigenvalue weighted by Crippen LogP contribution is -2.39. The number of ether oxygens (including phenoxy) is 3. The number of nitrogens with one attached hydrogen (secondary N) is 3. The molecule has 0 spiro atoms. The number of sulfonamides is 2. The SMILES string of the molecule is COC(=O)c1ccccc1S(=O)(=O)NN=C(Nc1nc(OC)nc(OC)n1)NS(=O)(=O)c1ccccc1SC.